The van der Waals surface area contributed by atoms with E-state index in [1.807, 2.05) is 0 Å². The smallest absolute Gasteiger partial charge is 0.343 e. The van der Waals surface area contributed by atoms with Gasteiger partial charge in [0.15, 0.2) is 6.10 Å². The Kier molecular flexibility index (Phi) is 8.15. The first-order chi connectivity index (χ1) is 18.0. The van der Waals surface area contributed by atoms with Crippen molar-refractivity contribution in [2.75, 3.05) is 0 Å². The summed E-state index contributed by atoms with van der Waals surface area (Å²) in [7, 11) is 0. The molecule has 1 atom stereocenters. The van der Waals surface area contributed by atoms with Crippen LogP contribution in [0.25, 0.3) is 0 Å². The first kappa shape index (κ1) is 25.0. The number of nitrogens with one attached hydrogen (secondary N) is 1. The van der Waals surface area contributed by atoms with E-state index in [1.54, 1.807) is 91.0 Å². The number of rotatable bonds is 8. The molecular weight excluding hydrogens is 472 g/mol. The second-order valence-corrected chi connectivity index (χ2v) is 7.76. The van der Waals surface area contributed by atoms with Crippen LogP contribution in [0, 0.1) is 0 Å². The highest BCUT2D eigenvalue weighted by Crippen LogP contribution is 2.26. The van der Waals surface area contributed by atoms with Gasteiger partial charge >= 0.3 is 11.9 Å². The first-order valence-electron chi connectivity index (χ1n) is 11.3. The predicted octanol–water partition coefficient (Wildman–Crippen LogP) is 4.31. The van der Waals surface area contributed by atoms with Crippen LogP contribution in [0.1, 0.15) is 37.9 Å². The van der Waals surface area contributed by atoms with Gasteiger partial charge in [0.25, 0.3) is 5.91 Å². The predicted molar refractivity (Wildman–Crippen MR) is 136 cm³/mol. The van der Waals surface area contributed by atoms with Crippen LogP contribution in [0.2, 0.25) is 0 Å². The van der Waals surface area contributed by atoms with Crippen LogP contribution in [0.4, 0.5) is 0 Å². The molecule has 0 fully saturated rings. The number of carbonyl (C=O) groups excluding carboxylic acids is 3. The molecule has 4 aromatic rings. The molecule has 0 aliphatic heterocycles. The van der Waals surface area contributed by atoms with Crippen LogP contribution in [0.5, 0.6) is 11.5 Å². The van der Waals surface area contributed by atoms with Crippen LogP contribution in [0.15, 0.2) is 114 Å². The number of aliphatic hydroxyl groups excluding tert-OH is 1. The zero-order valence-electron chi connectivity index (χ0n) is 19.5. The van der Waals surface area contributed by atoms with Gasteiger partial charge in [-0.15, -0.1) is 0 Å². The van der Waals surface area contributed by atoms with E-state index < -0.39 is 23.9 Å². The number of carbonyl (C=O) groups is 3. The van der Waals surface area contributed by atoms with Gasteiger partial charge in [0.1, 0.15) is 11.5 Å². The van der Waals surface area contributed by atoms with E-state index in [2.05, 4.69) is 10.5 Å². The van der Waals surface area contributed by atoms with Crippen molar-refractivity contribution in [1.29, 1.82) is 0 Å². The van der Waals surface area contributed by atoms with Crippen LogP contribution in [0.3, 0.4) is 0 Å². The van der Waals surface area contributed by atoms with Crippen molar-refractivity contribution in [3.8, 4) is 11.5 Å². The van der Waals surface area contributed by atoms with Crippen molar-refractivity contribution in [1.82, 2.24) is 5.43 Å². The van der Waals surface area contributed by atoms with Gasteiger partial charge in [-0.2, -0.15) is 5.10 Å². The SMILES string of the molecule is O=C(Oc1ccc(/C=N/NC(=O)C(O)c2ccccc2)c(OC(=O)c2ccccc2)c1)c1ccccc1. The fourth-order valence-electron chi connectivity index (χ4n) is 3.26. The molecule has 0 bridgehead atoms. The largest absolute Gasteiger partial charge is 0.423 e. The number of hydrogen-bond donors (Lipinski definition) is 2. The molecule has 184 valence electrons. The van der Waals surface area contributed by atoms with Crippen LogP contribution >= 0.6 is 0 Å². The van der Waals surface area contributed by atoms with Crippen LogP contribution in [-0.4, -0.2) is 29.2 Å². The van der Waals surface area contributed by atoms with Gasteiger partial charge in [-0.25, -0.2) is 15.0 Å². The summed E-state index contributed by atoms with van der Waals surface area (Å²) in [4.78, 5) is 37.4. The molecule has 0 heterocycles. The molecular formula is C29H22N2O6. The minimum atomic E-state index is -1.41. The monoisotopic (exact) mass is 494 g/mol. The van der Waals surface area contributed by atoms with E-state index in [0.29, 0.717) is 22.3 Å². The van der Waals surface area contributed by atoms with Gasteiger partial charge in [0, 0.05) is 11.6 Å². The Bertz CT molecular complexity index is 1410. The molecule has 0 aromatic heterocycles. The lowest BCUT2D eigenvalue weighted by molar-refractivity contribution is -0.129. The molecule has 0 saturated heterocycles. The standard InChI is InChI=1S/C29H22N2O6/c32-26(20-10-4-1-5-11-20)27(33)31-30-19-23-16-17-24(36-28(34)21-12-6-2-7-13-21)18-25(23)37-29(35)22-14-8-3-9-15-22/h1-19,26,32H,(H,31,33)/b30-19+. The average Bonchev–Trinajstić information content (AvgIpc) is 2.95. The highest BCUT2D eigenvalue weighted by Gasteiger charge is 2.17. The lowest BCUT2D eigenvalue weighted by Gasteiger charge is -2.11. The summed E-state index contributed by atoms with van der Waals surface area (Å²) in [5, 5.41) is 14.1. The highest BCUT2D eigenvalue weighted by atomic mass is 16.5. The minimum Gasteiger partial charge on any atom is -0.423 e. The van der Waals surface area contributed by atoms with Crippen molar-refractivity contribution < 1.29 is 29.0 Å². The Hall–Kier alpha value is -5.08. The third kappa shape index (κ3) is 6.74. The maximum absolute atomic E-state index is 12.7. The number of benzene rings is 4. The van der Waals surface area contributed by atoms with E-state index in [0.717, 1.165) is 0 Å². The first-order valence-corrected chi connectivity index (χ1v) is 11.3. The van der Waals surface area contributed by atoms with E-state index in [9.17, 15) is 19.5 Å². The number of hydrogen-bond acceptors (Lipinski definition) is 7. The number of amides is 1. The van der Waals surface area contributed by atoms with Gasteiger partial charge in [-0.05, 0) is 42.0 Å². The lowest BCUT2D eigenvalue weighted by atomic mass is 10.1. The fraction of sp³-hybridized carbons (Fsp3) is 0.0345. The minimum absolute atomic E-state index is 0.0498. The molecule has 4 rings (SSSR count). The molecule has 0 aliphatic carbocycles. The van der Waals surface area contributed by atoms with Gasteiger partial charge in [0.05, 0.1) is 17.3 Å². The summed E-state index contributed by atoms with van der Waals surface area (Å²) < 4.78 is 11.0. The molecule has 0 saturated carbocycles. The van der Waals surface area contributed by atoms with Crippen molar-refractivity contribution in [3.63, 3.8) is 0 Å². The van der Waals surface area contributed by atoms with Gasteiger partial charge in [-0.3, -0.25) is 4.79 Å². The second kappa shape index (κ2) is 12.1. The van der Waals surface area contributed by atoms with Crippen molar-refractivity contribution in [3.05, 3.63) is 131 Å². The summed E-state index contributed by atoms with van der Waals surface area (Å²) >= 11 is 0. The number of nitrogens with zero attached hydrogens (tertiary/aromatic N) is 1. The second-order valence-electron chi connectivity index (χ2n) is 7.76. The van der Waals surface area contributed by atoms with Gasteiger partial charge in [0.2, 0.25) is 0 Å². The Morgan fingerprint density at radius 3 is 1.86 bits per heavy atom. The normalized spacial score (nSPS) is 11.5. The van der Waals surface area contributed by atoms with Crippen molar-refractivity contribution in [2.45, 2.75) is 6.10 Å². The Morgan fingerprint density at radius 1 is 0.730 bits per heavy atom. The van der Waals surface area contributed by atoms with Crippen LogP contribution < -0.4 is 14.9 Å². The summed E-state index contributed by atoms with van der Waals surface area (Å²) in [6, 6.07) is 29.6. The van der Waals surface area contributed by atoms with Gasteiger partial charge in [-0.1, -0.05) is 66.7 Å². The maximum atomic E-state index is 12.7. The third-order valence-corrected chi connectivity index (χ3v) is 5.16. The summed E-state index contributed by atoms with van der Waals surface area (Å²) in [5.41, 5.74) is 3.67. The van der Waals surface area contributed by atoms with Crippen molar-refractivity contribution in [2.24, 2.45) is 5.10 Å². The number of ether oxygens (including phenoxy) is 2. The fourth-order valence-corrected chi connectivity index (χ4v) is 3.26. The molecule has 37 heavy (non-hydrogen) atoms. The van der Waals surface area contributed by atoms with E-state index in [-0.39, 0.29) is 11.5 Å². The molecule has 0 aliphatic rings. The maximum Gasteiger partial charge on any atom is 0.343 e. The summed E-state index contributed by atoms with van der Waals surface area (Å²) in [5.74, 6) is -1.76. The molecule has 8 heteroatoms. The molecule has 0 spiro atoms. The van der Waals surface area contributed by atoms with Crippen LogP contribution in [-0.2, 0) is 4.79 Å². The van der Waals surface area contributed by atoms with Crippen molar-refractivity contribution >= 4 is 24.1 Å². The zero-order valence-corrected chi connectivity index (χ0v) is 19.5. The average molecular weight is 495 g/mol. The van der Waals surface area contributed by atoms with Gasteiger partial charge < -0.3 is 14.6 Å². The quantitative estimate of drug-likeness (QED) is 0.163. The number of hydrazone groups is 1. The summed E-state index contributed by atoms with van der Waals surface area (Å²) in [6.07, 6.45) is -0.153. The molecule has 1 unspecified atom stereocenters. The molecule has 4 aromatic carbocycles. The third-order valence-electron chi connectivity index (χ3n) is 5.16. The molecule has 8 nitrogen and oxygen atoms in total. The number of aliphatic hydroxyl groups is 1. The van der Waals surface area contributed by atoms with E-state index in [4.69, 9.17) is 9.47 Å². The topological polar surface area (TPSA) is 114 Å². The molecule has 0 radical (unpaired) electrons. The molecule has 2 N–H and O–H groups in total. The molecule has 1 amide bonds. The highest BCUT2D eigenvalue weighted by molar-refractivity contribution is 5.94. The Labute approximate surface area is 212 Å². The summed E-state index contributed by atoms with van der Waals surface area (Å²) in [6.45, 7) is 0. The Balaban J connectivity index is 1.53. The van der Waals surface area contributed by atoms with E-state index >= 15 is 0 Å². The zero-order chi connectivity index (χ0) is 26.0. The lowest BCUT2D eigenvalue weighted by Crippen LogP contribution is -2.25. The Morgan fingerprint density at radius 2 is 1.27 bits per heavy atom. The van der Waals surface area contributed by atoms with E-state index in [1.165, 1.54) is 24.4 Å². The number of esters is 2.